The van der Waals surface area contributed by atoms with Crippen molar-refractivity contribution in [2.75, 3.05) is 39.3 Å². The van der Waals surface area contributed by atoms with Crippen molar-refractivity contribution in [3.05, 3.63) is 34.9 Å². The fourth-order valence-electron chi connectivity index (χ4n) is 3.56. The van der Waals surface area contributed by atoms with Crippen molar-refractivity contribution >= 4 is 23.8 Å². The molecule has 0 radical (unpaired) electrons. The van der Waals surface area contributed by atoms with Crippen LogP contribution in [0.4, 0.5) is 4.79 Å². The van der Waals surface area contributed by atoms with Crippen LogP contribution in [0.3, 0.4) is 0 Å². The molecule has 30 heavy (non-hydrogen) atoms. The number of hydrogen-bond acceptors (Lipinski definition) is 5. The van der Waals surface area contributed by atoms with E-state index in [1.807, 2.05) is 27.7 Å². The van der Waals surface area contributed by atoms with Crippen molar-refractivity contribution in [3.63, 3.8) is 0 Å². The monoisotopic (exact) mass is 415 g/mol. The quantitative estimate of drug-likeness (QED) is 0.690. The highest BCUT2D eigenvalue weighted by Gasteiger charge is 2.36. The van der Waals surface area contributed by atoms with Gasteiger partial charge < -0.3 is 14.5 Å². The summed E-state index contributed by atoms with van der Waals surface area (Å²) in [4.78, 5) is 54.6. The van der Waals surface area contributed by atoms with Gasteiger partial charge in [0.15, 0.2) is 0 Å². The summed E-state index contributed by atoms with van der Waals surface area (Å²) >= 11 is 0. The Kier molecular flexibility index (Phi) is 6.43. The van der Waals surface area contributed by atoms with Gasteiger partial charge in [-0.15, -0.1) is 0 Å². The number of amides is 4. The number of carbonyl (C=O) groups excluding carboxylic acids is 4. The normalized spacial score (nSPS) is 16.5. The molecule has 3 rings (SSSR count). The largest absolute Gasteiger partial charge is 0.449 e. The van der Waals surface area contributed by atoms with Crippen LogP contribution in [0.5, 0.6) is 0 Å². The Balaban J connectivity index is 1.64. The van der Waals surface area contributed by atoms with E-state index in [1.165, 1.54) is 11.0 Å². The highest BCUT2D eigenvalue weighted by Crippen LogP contribution is 2.25. The summed E-state index contributed by atoms with van der Waals surface area (Å²) in [7, 11) is 0. The van der Waals surface area contributed by atoms with Crippen LogP contribution in [-0.4, -0.2) is 77.8 Å². The molecule has 2 heterocycles. The van der Waals surface area contributed by atoms with Gasteiger partial charge in [-0.2, -0.15) is 0 Å². The first-order valence-electron chi connectivity index (χ1n) is 10.4. The molecule has 2 aliphatic heterocycles. The van der Waals surface area contributed by atoms with E-state index in [2.05, 4.69) is 0 Å². The molecule has 1 aromatic carbocycles. The van der Waals surface area contributed by atoms with E-state index in [0.29, 0.717) is 50.5 Å². The summed E-state index contributed by atoms with van der Waals surface area (Å²) in [5, 5.41) is 0. The second kappa shape index (κ2) is 8.85. The van der Waals surface area contributed by atoms with Gasteiger partial charge in [-0.05, 0) is 30.0 Å². The molecule has 2 aliphatic rings. The highest BCUT2D eigenvalue weighted by molar-refractivity contribution is 6.22. The second-order valence-corrected chi connectivity index (χ2v) is 8.63. The summed E-state index contributed by atoms with van der Waals surface area (Å²) in [5.74, 6) is -0.442. The predicted molar refractivity (Wildman–Crippen MR) is 110 cm³/mol. The number of nitrogens with zero attached hydrogens (tertiary/aromatic N) is 3. The lowest BCUT2D eigenvalue weighted by atomic mass is 10.0. The Morgan fingerprint density at radius 3 is 2.10 bits per heavy atom. The first-order chi connectivity index (χ1) is 14.2. The lowest BCUT2D eigenvalue weighted by Crippen LogP contribution is -2.50. The standard InChI is InChI=1S/C22H29N3O5/c1-14(2)12-25-20(27)17-6-5-16(11-18(17)21(25)28)19(26)23-7-9-24(10-8-23)22(29)30-13-15(3)4/h5-6,11,14-15H,7-10,12-13H2,1-4H3. The maximum absolute atomic E-state index is 12.9. The van der Waals surface area contributed by atoms with Gasteiger partial charge >= 0.3 is 6.09 Å². The summed E-state index contributed by atoms with van der Waals surface area (Å²) < 4.78 is 5.24. The van der Waals surface area contributed by atoms with Crippen LogP contribution in [0.15, 0.2) is 18.2 Å². The molecule has 1 fully saturated rings. The summed E-state index contributed by atoms with van der Waals surface area (Å²) in [6.07, 6.45) is -0.359. The second-order valence-electron chi connectivity index (χ2n) is 8.63. The van der Waals surface area contributed by atoms with Crippen LogP contribution < -0.4 is 0 Å². The van der Waals surface area contributed by atoms with Crippen LogP contribution in [0.1, 0.15) is 58.8 Å². The topological polar surface area (TPSA) is 87.2 Å². The number of benzene rings is 1. The Hall–Kier alpha value is -2.90. The van der Waals surface area contributed by atoms with Crippen molar-refractivity contribution in [1.29, 1.82) is 0 Å². The van der Waals surface area contributed by atoms with E-state index in [4.69, 9.17) is 4.74 Å². The lowest BCUT2D eigenvalue weighted by Gasteiger charge is -2.34. The molecule has 0 bridgehead atoms. The Morgan fingerprint density at radius 1 is 0.900 bits per heavy atom. The third kappa shape index (κ3) is 4.47. The number of fused-ring (bicyclic) bond motifs is 1. The zero-order chi connectivity index (χ0) is 22.0. The third-order valence-corrected chi connectivity index (χ3v) is 5.13. The van der Waals surface area contributed by atoms with E-state index in [0.717, 1.165) is 0 Å². The number of hydrogen-bond donors (Lipinski definition) is 0. The minimum Gasteiger partial charge on any atom is -0.449 e. The molecule has 0 saturated carbocycles. The Bertz CT molecular complexity index is 856. The van der Waals surface area contributed by atoms with Gasteiger partial charge in [0.1, 0.15) is 0 Å². The third-order valence-electron chi connectivity index (χ3n) is 5.13. The molecular formula is C22H29N3O5. The van der Waals surface area contributed by atoms with E-state index in [9.17, 15) is 19.2 Å². The number of ether oxygens (including phenoxy) is 1. The zero-order valence-electron chi connectivity index (χ0n) is 18.0. The molecule has 1 aromatic rings. The van der Waals surface area contributed by atoms with Crippen molar-refractivity contribution < 1.29 is 23.9 Å². The fraction of sp³-hybridized carbons (Fsp3) is 0.545. The number of rotatable bonds is 5. The van der Waals surface area contributed by atoms with Crippen LogP contribution >= 0.6 is 0 Å². The van der Waals surface area contributed by atoms with Gasteiger partial charge in [0.2, 0.25) is 0 Å². The van der Waals surface area contributed by atoms with Crippen LogP contribution in [0.2, 0.25) is 0 Å². The predicted octanol–water partition coefficient (Wildman–Crippen LogP) is 2.49. The van der Waals surface area contributed by atoms with E-state index < -0.39 is 0 Å². The number of piperazine rings is 1. The minimum atomic E-state index is -0.359. The molecule has 4 amide bonds. The van der Waals surface area contributed by atoms with Gasteiger partial charge in [0.05, 0.1) is 17.7 Å². The molecule has 0 unspecified atom stereocenters. The van der Waals surface area contributed by atoms with E-state index in [1.54, 1.807) is 21.9 Å². The van der Waals surface area contributed by atoms with Crippen molar-refractivity contribution in [1.82, 2.24) is 14.7 Å². The molecule has 1 saturated heterocycles. The van der Waals surface area contributed by atoms with Crippen molar-refractivity contribution in [2.24, 2.45) is 11.8 Å². The molecule has 8 heteroatoms. The Labute approximate surface area is 176 Å². The van der Waals surface area contributed by atoms with Gasteiger partial charge in [0, 0.05) is 38.3 Å². The molecule has 0 spiro atoms. The van der Waals surface area contributed by atoms with Crippen LogP contribution in [0, 0.1) is 11.8 Å². The molecule has 162 valence electrons. The summed E-state index contributed by atoms with van der Waals surface area (Å²) in [6, 6.07) is 4.67. The van der Waals surface area contributed by atoms with Gasteiger partial charge in [-0.25, -0.2) is 4.79 Å². The van der Waals surface area contributed by atoms with Crippen LogP contribution in [0.25, 0.3) is 0 Å². The van der Waals surface area contributed by atoms with E-state index in [-0.39, 0.29) is 41.2 Å². The first-order valence-corrected chi connectivity index (χ1v) is 10.4. The van der Waals surface area contributed by atoms with Crippen molar-refractivity contribution in [2.45, 2.75) is 27.7 Å². The smallest absolute Gasteiger partial charge is 0.409 e. The number of imide groups is 1. The highest BCUT2D eigenvalue weighted by atomic mass is 16.6. The van der Waals surface area contributed by atoms with Gasteiger partial charge in [0.25, 0.3) is 17.7 Å². The zero-order valence-corrected chi connectivity index (χ0v) is 18.0. The average molecular weight is 415 g/mol. The minimum absolute atomic E-state index is 0.164. The molecule has 0 aromatic heterocycles. The average Bonchev–Trinajstić information content (AvgIpc) is 2.95. The molecule has 8 nitrogen and oxygen atoms in total. The maximum atomic E-state index is 12.9. The van der Waals surface area contributed by atoms with Crippen molar-refractivity contribution in [3.8, 4) is 0 Å². The lowest BCUT2D eigenvalue weighted by molar-refractivity contribution is 0.0535. The molecule has 0 N–H and O–H groups in total. The SMILES string of the molecule is CC(C)COC(=O)N1CCN(C(=O)c2ccc3c(c2)C(=O)N(CC(C)C)C3=O)CC1. The Morgan fingerprint density at radius 2 is 1.50 bits per heavy atom. The summed E-state index contributed by atoms with van der Waals surface area (Å²) in [5.41, 5.74) is 0.995. The molecule has 0 atom stereocenters. The fourth-order valence-corrected chi connectivity index (χ4v) is 3.56. The first kappa shape index (κ1) is 21.8. The van der Waals surface area contributed by atoms with Gasteiger partial charge in [-0.1, -0.05) is 27.7 Å². The number of carbonyl (C=O) groups is 4. The van der Waals surface area contributed by atoms with E-state index >= 15 is 0 Å². The molecular weight excluding hydrogens is 386 g/mol. The van der Waals surface area contributed by atoms with Crippen LogP contribution in [-0.2, 0) is 4.74 Å². The maximum Gasteiger partial charge on any atom is 0.409 e. The molecule has 0 aliphatic carbocycles. The summed E-state index contributed by atoms with van der Waals surface area (Å²) in [6.45, 7) is 10.1. The van der Waals surface area contributed by atoms with Gasteiger partial charge in [-0.3, -0.25) is 19.3 Å².